The zero-order chi connectivity index (χ0) is 15.6. The van der Waals surface area contributed by atoms with Gasteiger partial charge in [0, 0.05) is 18.2 Å². The van der Waals surface area contributed by atoms with Crippen LogP contribution < -0.4 is 5.32 Å². The molecule has 4 nitrogen and oxygen atoms in total. The molecule has 1 unspecified atom stereocenters. The molecule has 0 bridgehead atoms. The van der Waals surface area contributed by atoms with E-state index in [0.717, 1.165) is 5.56 Å². The summed E-state index contributed by atoms with van der Waals surface area (Å²) in [5, 5.41) is 2.78. The Balaban J connectivity index is 2.44. The van der Waals surface area contributed by atoms with E-state index >= 15 is 0 Å². The van der Waals surface area contributed by atoms with Crippen LogP contribution in [0, 0.1) is 5.82 Å². The number of nitrogens with zero attached hydrogens (tertiary/aromatic N) is 1. The van der Waals surface area contributed by atoms with Gasteiger partial charge >= 0.3 is 0 Å². The number of benzene rings is 1. The van der Waals surface area contributed by atoms with Crippen molar-refractivity contribution < 1.29 is 14.0 Å². The second-order valence-electron chi connectivity index (χ2n) is 4.70. The number of Topliss-reactive ketones (excluding diaryl/α,β-unsaturated/α-hetero) is 1. The van der Waals surface area contributed by atoms with Crippen molar-refractivity contribution in [2.24, 2.45) is 4.99 Å². The van der Waals surface area contributed by atoms with Gasteiger partial charge in [0.25, 0.3) is 0 Å². The Morgan fingerprint density at radius 1 is 1.24 bits per heavy atom. The smallest absolute Gasteiger partial charge is 0.222 e. The zero-order valence-corrected chi connectivity index (χ0v) is 12.8. The zero-order valence-electron chi connectivity index (χ0n) is 11.9. The maximum Gasteiger partial charge on any atom is 0.222 e. The number of aliphatic imine (C=N–C) groups is 1. The Kier molecular flexibility index (Phi) is 4.57. The molecule has 0 saturated carbocycles. The molecule has 1 aliphatic rings. The van der Waals surface area contributed by atoms with E-state index in [-0.39, 0.29) is 22.8 Å². The molecule has 0 saturated heterocycles. The fraction of sp³-hybridized carbons (Fsp3) is 0.267. The molecule has 2 rings (SSSR count). The monoisotopic (exact) mass is 306 g/mol. The second kappa shape index (κ2) is 6.22. The third-order valence-electron chi connectivity index (χ3n) is 2.99. The number of amides is 1. The van der Waals surface area contributed by atoms with E-state index in [1.54, 1.807) is 19.1 Å². The average Bonchev–Trinajstić information content (AvgIpc) is 2.37. The number of hydrogen-bond donors (Lipinski definition) is 1. The fourth-order valence-corrected chi connectivity index (χ4v) is 3.48. The van der Waals surface area contributed by atoms with Crippen LogP contribution in [0.3, 0.4) is 0 Å². The van der Waals surface area contributed by atoms with Gasteiger partial charge < -0.3 is 5.32 Å². The minimum Gasteiger partial charge on any atom is -0.305 e. The number of rotatable bonds is 2. The van der Waals surface area contributed by atoms with E-state index in [1.807, 2.05) is 0 Å². The molecule has 0 aromatic heterocycles. The maximum atomic E-state index is 13.1. The van der Waals surface area contributed by atoms with Crippen molar-refractivity contribution in [3.8, 4) is 0 Å². The summed E-state index contributed by atoms with van der Waals surface area (Å²) in [6.45, 7) is 4.61. The molecule has 1 N–H and O–H groups in total. The van der Waals surface area contributed by atoms with Crippen molar-refractivity contribution >= 4 is 28.6 Å². The normalized spacial score (nSPS) is 18.3. The molecule has 1 atom stereocenters. The quantitative estimate of drug-likeness (QED) is 0.914. The fourth-order valence-electron chi connectivity index (χ4n) is 2.12. The first-order chi connectivity index (χ1) is 9.88. The topological polar surface area (TPSA) is 58.5 Å². The van der Waals surface area contributed by atoms with Crippen molar-refractivity contribution in [3.05, 3.63) is 46.9 Å². The lowest BCUT2D eigenvalue weighted by Crippen LogP contribution is -2.29. The summed E-state index contributed by atoms with van der Waals surface area (Å²) < 4.78 is 13.1. The summed E-state index contributed by atoms with van der Waals surface area (Å²) in [4.78, 5) is 27.3. The van der Waals surface area contributed by atoms with Crippen molar-refractivity contribution in [1.82, 2.24) is 5.32 Å². The van der Waals surface area contributed by atoms with Gasteiger partial charge in [-0.2, -0.15) is 0 Å². The molecule has 1 aromatic rings. The number of halogens is 1. The van der Waals surface area contributed by atoms with Crippen LogP contribution in [-0.4, -0.2) is 16.9 Å². The van der Waals surface area contributed by atoms with Crippen LogP contribution in [0.2, 0.25) is 0 Å². The van der Waals surface area contributed by atoms with Gasteiger partial charge in [0.15, 0.2) is 11.0 Å². The van der Waals surface area contributed by atoms with Crippen LogP contribution in [-0.2, 0) is 9.59 Å². The van der Waals surface area contributed by atoms with Gasteiger partial charge in [-0.25, -0.2) is 9.38 Å². The summed E-state index contributed by atoms with van der Waals surface area (Å²) in [6, 6.07) is 5.99. The molecule has 21 heavy (non-hydrogen) atoms. The highest BCUT2D eigenvalue weighted by atomic mass is 32.2. The predicted octanol–water partition coefficient (Wildman–Crippen LogP) is 2.97. The summed E-state index contributed by atoms with van der Waals surface area (Å²) in [5.41, 5.74) is 1.93. The van der Waals surface area contributed by atoms with Crippen molar-refractivity contribution in [1.29, 1.82) is 0 Å². The largest absolute Gasteiger partial charge is 0.305 e. The number of allylic oxidation sites excluding steroid dienone is 1. The molecular formula is C15H15FN2O2S. The van der Waals surface area contributed by atoms with E-state index < -0.39 is 0 Å². The molecule has 6 heteroatoms. The molecule has 0 fully saturated rings. The molecule has 1 aromatic carbocycles. The third kappa shape index (κ3) is 3.58. The molecular weight excluding hydrogens is 291 g/mol. The van der Waals surface area contributed by atoms with Crippen LogP contribution in [0.5, 0.6) is 0 Å². The minimum atomic E-state index is -0.333. The first-order valence-corrected chi connectivity index (χ1v) is 7.26. The molecule has 110 valence electrons. The number of nitrogens with one attached hydrogen (secondary N) is 1. The summed E-state index contributed by atoms with van der Waals surface area (Å²) in [7, 11) is 0. The number of thioether (sulfide) groups is 1. The van der Waals surface area contributed by atoms with E-state index in [1.165, 1.54) is 37.7 Å². The van der Waals surface area contributed by atoms with Crippen molar-refractivity contribution in [2.45, 2.75) is 26.0 Å². The summed E-state index contributed by atoms with van der Waals surface area (Å²) >= 11 is 1.28. The molecule has 1 heterocycles. The third-order valence-corrected chi connectivity index (χ3v) is 4.15. The lowest BCUT2D eigenvalue weighted by Gasteiger charge is -2.25. The summed E-state index contributed by atoms with van der Waals surface area (Å²) in [6.07, 6.45) is 0. The number of ketones is 1. The number of hydrogen-bond acceptors (Lipinski definition) is 4. The highest BCUT2D eigenvalue weighted by Crippen LogP contribution is 2.41. The van der Waals surface area contributed by atoms with Gasteiger partial charge in [-0.1, -0.05) is 23.9 Å². The van der Waals surface area contributed by atoms with E-state index in [4.69, 9.17) is 0 Å². The van der Waals surface area contributed by atoms with Crippen molar-refractivity contribution in [2.75, 3.05) is 0 Å². The first kappa shape index (κ1) is 15.4. The number of carbonyl (C=O) groups excluding carboxylic acids is 2. The number of carbonyl (C=O) groups is 2. The van der Waals surface area contributed by atoms with Gasteiger partial charge in [0.2, 0.25) is 5.91 Å². The Morgan fingerprint density at radius 3 is 2.38 bits per heavy atom. The Bertz CT molecular complexity index is 650. The van der Waals surface area contributed by atoms with Crippen LogP contribution in [0.15, 0.2) is 40.5 Å². The van der Waals surface area contributed by atoms with E-state index in [9.17, 15) is 14.0 Å². The van der Waals surface area contributed by atoms with Crippen LogP contribution >= 0.6 is 11.8 Å². The first-order valence-electron chi connectivity index (χ1n) is 6.38. The van der Waals surface area contributed by atoms with E-state index in [2.05, 4.69) is 10.3 Å². The average molecular weight is 306 g/mol. The van der Waals surface area contributed by atoms with Crippen molar-refractivity contribution in [3.63, 3.8) is 0 Å². The molecule has 0 aliphatic carbocycles. The lowest BCUT2D eigenvalue weighted by atomic mass is 9.99. The SMILES string of the molecule is CC(=O)NC1=NC(C)=C(C(C)=O)C(c2ccc(F)cc2)S1. The maximum absolute atomic E-state index is 13.1. The lowest BCUT2D eigenvalue weighted by molar-refractivity contribution is -0.117. The Hall–Kier alpha value is -1.95. The molecule has 0 radical (unpaired) electrons. The minimum absolute atomic E-state index is 0.0834. The summed E-state index contributed by atoms with van der Waals surface area (Å²) in [5.74, 6) is -0.640. The van der Waals surface area contributed by atoms with Crippen LogP contribution in [0.4, 0.5) is 4.39 Å². The van der Waals surface area contributed by atoms with Crippen LogP contribution in [0.25, 0.3) is 0 Å². The number of amidine groups is 1. The Labute approximate surface area is 126 Å². The molecule has 1 amide bonds. The predicted molar refractivity (Wildman–Crippen MR) is 81.4 cm³/mol. The van der Waals surface area contributed by atoms with Gasteiger partial charge in [0.05, 0.1) is 5.25 Å². The van der Waals surface area contributed by atoms with E-state index in [0.29, 0.717) is 16.4 Å². The highest BCUT2D eigenvalue weighted by molar-refractivity contribution is 8.14. The standard InChI is InChI=1S/C15H15FN2O2S/c1-8-13(9(2)19)14(11-4-6-12(16)7-5-11)21-15(17-8)18-10(3)20/h4-7,14H,1-3H3,(H,17,18,20). The molecule has 1 aliphatic heterocycles. The van der Waals surface area contributed by atoms with Gasteiger partial charge in [-0.15, -0.1) is 0 Å². The molecule has 0 spiro atoms. The van der Waals surface area contributed by atoms with Gasteiger partial charge in [-0.05, 0) is 31.5 Å². The van der Waals surface area contributed by atoms with Gasteiger partial charge in [0.1, 0.15) is 5.82 Å². The highest BCUT2D eigenvalue weighted by Gasteiger charge is 2.29. The Morgan fingerprint density at radius 2 is 1.86 bits per heavy atom. The van der Waals surface area contributed by atoms with Crippen LogP contribution in [0.1, 0.15) is 31.6 Å². The second-order valence-corrected chi connectivity index (χ2v) is 5.80. The van der Waals surface area contributed by atoms with Gasteiger partial charge in [-0.3, -0.25) is 9.59 Å².